The molecule has 2 aromatic rings. The average Bonchev–Trinajstić information content (AvgIpc) is 2.77. The summed E-state index contributed by atoms with van der Waals surface area (Å²) in [4.78, 5) is 37.6. The molecule has 0 fully saturated rings. The molecular formula is C24H30N2O6. The van der Waals surface area contributed by atoms with Crippen molar-refractivity contribution in [1.82, 2.24) is 5.32 Å². The number of amides is 2. The number of ether oxygens (including phenoxy) is 3. The molecule has 1 unspecified atom stereocenters. The van der Waals surface area contributed by atoms with Crippen molar-refractivity contribution in [3.8, 4) is 11.5 Å². The van der Waals surface area contributed by atoms with E-state index in [2.05, 4.69) is 10.6 Å². The van der Waals surface area contributed by atoms with E-state index in [-0.39, 0.29) is 18.2 Å². The van der Waals surface area contributed by atoms with Crippen LogP contribution in [0.3, 0.4) is 0 Å². The third-order valence-corrected chi connectivity index (χ3v) is 4.76. The molecule has 8 heteroatoms. The first-order chi connectivity index (χ1) is 15.2. The minimum absolute atomic E-state index is 0.146. The van der Waals surface area contributed by atoms with Crippen LogP contribution < -0.4 is 20.1 Å². The number of nitrogens with one attached hydrogen (secondary N) is 2. The van der Waals surface area contributed by atoms with Gasteiger partial charge in [0.05, 0.1) is 20.6 Å². The van der Waals surface area contributed by atoms with Crippen LogP contribution in [0, 0.1) is 5.92 Å². The van der Waals surface area contributed by atoms with Crippen molar-refractivity contribution < 1.29 is 28.6 Å². The van der Waals surface area contributed by atoms with Crippen LogP contribution in [-0.2, 0) is 25.5 Å². The number of methoxy groups -OCH3 is 2. The van der Waals surface area contributed by atoms with E-state index in [0.29, 0.717) is 17.2 Å². The normalized spacial score (nSPS) is 12.4. The van der Waals surface area contributed by atoms with Gasteiger partial charge in [0, 0.05) is 11.8 Å². The Hall–Kier alpha value is -3.55. The van der Waals surface area contributed by atoms with Crippen molar-refractivity contribution >= 4 is 23.5 Å². The number of carbonyl (C=O) groups excluding carboxylic acids is 3. The first kappa shape index (κ1) is 24.7. The topological polar surface area (TPSA) is 103 Å². The summed E-state index contributed by atoms with van der Waals surface area (Å²) in [5.41, 5.74) is 1.30. The van der Waals surface area contributed by atoms with E-state index in [1.54, 1.807) is 32.0 Å². The van der Waals surface area contributed by atoms with Crippen LogP contribution in [-0.4, -0.2) is 44.1 Å². The summed E-state index contributed by atoms with van der Waals surface area (Å²) in [6, 6.07) is 13.3. The van der Waals surface area contributed by atoms with Crippen molar-refractivity contribution in [2.75, 3.05) is 19.5 Å². The molecule has 0 radical (unpaired) electrons. The van der Waals surface area contributed by atoms with Gasteiger partial charge in [-0.1, -0.05) is 44.2 Å². The molecule has 0 heterocycles. The fourth-order valence-corrected chi connectivity index (χ4v) is 2.96. The Morgan fingerprint density at radius 2 is 1.56 bits per heavy atom. The van der Waals surface area contributed by atoms with E-state index >= 15 is 0 Å². The molecular weight excluding hydrogens is 412 g/mol. The summed E-state index contributed by atoms with van der Waals surface area (Å²) < 4.78 is 15.7. The van der Waals surface area contributed by atoms with Crippen LogP contribution in [0.5, 0.6) is 11.5 Å². The summed E-state index contributed by atoms with van der Waals surface area (Å²) in [6.07, 6.45) is -0.921. The quantitative estimate of drug-likeness (QED) is 0.549. The highest BCUT2D eigenvalue weighted by Gasteiger charge is 2.29. The standard InChI is InChI=1S/C24H30N2O6/c1-15(2)22(26-21(27)13-17-9-7-6-8-10-17)24(29)32-16(3)23(28)25-18-11-12-19(30-4)20(14-18)31-5/h6-12,14-16,22H,13H2,1-5H3,(H,25,28)(H,26,27)/t16?,22-/m0/s1. The number of benzene rings is 2. The highest BCUT2D eigenvalue weighted by atomic mass is 16.5. The number of rotatable bonds is 10. The molecule has 172 valence electrons. The van der Waals surface area contributed by atoms with Gasteiger partial charge in [-0.2, -0.15) is 0 Å². The van der Waals surface area contributed by atoms with Gasteiger partial charge in [0.1, 0.15) is 6.04 Å². The molecule has 2 amide bonds. The van der Waals surface area contributed by atoms with Crippen LogP contribution in [0.1, 0.15) is 26.3 Å². The molecule has 8 nitrogen and oxygen atoms in total. The molecule has 2 aromatic carbocycles. The Bertz CT molecular complexity index is 929. The smallest absolute Gasteiger partial charge is 0.329 e. The number of hydrogen-bond acceptors (Lipinski definition) is 6. The SMILES string of the molecule is COc1ccc(NC(=O)C(C)OC(=O)[C@@H](NC(=O)Cc2ccccc2)C(C)C)cc1OC. The maximum absolute atomic E-state index is 12.7. The first-order valence-electron chi connectivity index (χ1n) is 10.3. The van der Waals surface area contributed by atoms with E-state index in [1.165, 1.54) is 21.1 Å². The van der Waals surface area contributed by atoms with Gasteiger partial charge in [0.25, 0.3) is 5.91 Å². The molecule has 0 aliphatic heterocycles. The third-order valence-electron chi connectivity index (χ3n) is 4.76. The zero-order chi connectivity index (χ0) is 23.7. The van der Waals surface area contributed by atoms with E-state index in [0.717, 1.165) is 5.56 Å². The molecule has 0 aromatic heterocycles. The predicted molar refractivity (Wildman–Crippen MR) is 121 cm³/mol. The maximum atomic E-state index is 12.7. The van der Waals surface area contributed by atoms with Crippen molar-refractivity contribution in [3.63, 3.8) is 0 Å². The molecule has 0 aliphatic rings. The lowest BCUT2D eigenvalue weighted by molar-refractivity contribution is -0.157. The fraction of sp³-hybridized carbons (Fsp3) is 0.375. The van der Waals surface area contributed by atoms with Gasteiger partial charge < -0.3 is 24.8 Å². The lowest BCUT2D eigenvalue weighted by atomic mass is 10.0. The molecule has 2 rings (SSSR count). The third kappa shape index (κ3) is 7.01. The highest BCUT2D eigenvalue weighted by Crippen LogP contribution is 2.29. The zero-order valence-corrected chi connectivity index (χ0v) is 19.0. The molecule has 32 heavy (non-hydrogen) atoms. The van der Waals surface area contributed by atoms with Gasteiger partial charge in [-0.05, 0) is 30.5 Å². The van der Waals surface area contributed by atoms with Gasteiger partial charge in [-0.15, -0.1) is 0 Å². The first-order valence-corrected chi connectivity index (χ1v) is 10.3. The van der Waals surface area contributed by atoms with Crippen molar-refractivity contribution in [2.45, 2.75) is 39.3 Å². The van der Waals surface area contributed by atoms with E-state index in [1.807, 2.05) is 30.3 Å². The lowest BCUT2D eigenvalue weighted by Gasteiger charge is -2.23. The minimum Gasteiger partial charge on any atom is -0.493 e. The number of anilines is 1. The number of carbonyl (C=O) groups is 3. The molecule has 0 spiro atoms. The minimum atomic E-state index is -1.07. The van der Waals surface area contributed by atoms with Crippen LogP contribution in [0.25, 0.3) is 0 Å². The van der Waals surface area contributed by atoms with Gasteiger partial charge in [-0.3, -0.25) is 9.59 Å². The van der Waals surface area contributed by atoms with Gasteiger partial charge in [0.15, 0.2) is 17.6 Å². The monoisotopic (exact) mass is 442 g/mol. The average molecular weight is 443 g/mol. The van der Waals surface area contributed by atoms with E-state index in [4.69, 9.17) is 14.2 Å². The Kier molecular flexibility index (Phi) is 9.07. The Labute approximate surface area is 188 Å². The number of hydrogen-bond donors (Lipinski definition) is 2. The second-order valence-corrected chi connectivity index (χ2v) is 7.59. The highest BCUT2D eigenvalue weighted by molar-refractivity contribution is 5.96. The predicted octanol–water partition coefficient (Wildman–Crippen LogP) is 2.96. The summed E-state index contributed by atoms with van der Waals surface area (Å²) in [5, 5.41) is 5.39. The Morgan fingerprint density at radius 1 is 0.906 bits per heavy atom. The van der Waals surface area contributed by atoms with Gasteiger partial charge in [-0.25, -0.2) is 4.79 Å². The Morgan fingerprint density at radius 3 is 2.16 bits per heavy atom. The van der Waals surface area contributed by atoms with Crippen LogP contribution >= 0.6 is 0 Å². The van der Waals surface area contributed by atoms with E-state index in [9.17, 15) is 14.4 Å². The van der Waals surface area contributed by atoms with Crippen molar-refractivity contribution in [1.29, 1.82) is 0 Å². The molecule has 0 aliphatic carbocycles. The second kappa shape index (κ2) is 11.7. The largest absolute Gasteiger partial charge is 0.493 e. The fourth-order valence-electron chi connectivity index (χ4n) is 2.96. The lowest BCUT2D eigenvalue weighted by Crippen LogP contribution is -2.47. The maximum Gasteiger partial charge on any atom is 0.329 e. The Balaban J connectivity index is 1.97. The molecule has 0 saturated heterocycles. The molecule has 2 N–H and O–H groups in total. The molecule has 0 saturated carbocycles. The summed E-state index contributed by atoms with van der Waals surface area (Å²) in [6.45, 7) is 5.06. The van der Waals surface area contributed by atoms with Crippen LogP contribution in [0.2, 0.25) is 0 Å². The van der Waals surface area contributed by atoms with Gasteiger partial charge in [0.2, 0.25) is 5.91 Å². The van der Waals surface area contributed by atoms with Gasteiger partial charge >= 0.3 is 5.97 Å². The summed E-state index contributed by atoms with van der Waals surface area (Å²) >= 11 is 0. The second-order valence-electron chi connectivity index (χ2n) is 7.59. The molecule has 2 atom stereocenters. The van der Waals surface area contributed by atoms with Crippen molar-refractivity contribution in [2.24, 2.45) is 5.92 Å². The van der Waals surface area contributed by atoms with Crippen molar-refractivity contribution in [3.05, 3.63) is 54.1 Å². The zero-order valence-electron chi connectivity index (χ0n) is 19.0. The van der Waals surface area contributed by atoms with Crippen LogP contribution in [0.15, 0.2) is 48.5 Å². The summed E-state index contributed by atoms with van der Waals surface area (Å²) in [5.74, 6) is -0.718. The van der Waals surface area contributed by atoms with Crippen LogP contribution in [0.4, 0.5) is 5.69 Å². The summed E-state index contributed by atoms with van der Waals surface area (Å²) in [7, 11) is 3.01. The number of esters is 1. The van der Waals surface area contributed by atoms with E-state index < -0.39 is 24.0 Å². The molecule has 0 bridgehead atoms.